The first-order valence-corrected chi connectivity index (χ1v) is 10.0. The summed E-state index contributed by atoms with van der Waals surface area (Å²) in [7, 11) is -1.61. The normalized spacial score (nSPS) is 17.7. The van der Waals surface area contributed by atoms with Crippen molar-refractivity contribution in [3.63, 3.8) is 0 Å². The minimum absolute atomic E-state index is 0.139. The van der Waals surface area contributed by atoms with Gasteiger partial charge in [-0.3, -0.25) is 14.2 Å². The molecule has 0 spiro atoms. The van der Waals surface area contributed by atoms with Crippen LogP contribution >= 0.6 is 11.6 Å². The molecule has 7 nitrogen and oxygen atoms in total. The second kappa shape index (κ2) is 6.68. The van der Waals surface area contributed by atoms with Crippen molar-refractivity contribution in [3.8, 4) is 0 Å². The number of benzene rings is 1. The van der Waals surface area contributed by atoms with Crippen LogP contribution in [0.1, 0.15) is 28.3 Å². The average Bonchev–Trinajstić information content (AvgIpc) is 3.16. The van der Waals surface area contributed by atoms with E-state index < -0.39 is 10.0 Å². The topological polar surface area (TPSA) is 84.3 Å². The molecular formula is C16H19ClN4O3S. The van der Waals surface area contributed by atoms with Gasteiger partial charge in [-0.1, -0.05) is 11.6 Å². The van der Waals surface area contributed by atoms with Gasteiger partial charge in [-0.05, 0) is 30.2 Å². The Balaban J connectivity index is 1.76. The lowest BCUT2D eigenvalue weighted by atomic mass is 10.0. The molecule has 1 amide bonds. The maximum Gasteiger partial charge on any atom is 0.253 e. The number of hydrogen-bond acceptors (Lipinski definition) is 4. The molecule has 9 heteroatoms. The lowest BCUT2D eigenvalue weighted by Gasteiger charge is -2.17. The van der Waals surface area contributed by atoms with Crippen molar-refractivity contribution >= 4 is 33.2 Å². The van der Waals surface area contributed by atoms with E-state index in [-0.39, 0.29) is 22.5 Å². The summed E-state index contributed by atoms with van der Waals surface area (Å²) in [6, 6.07) is 4.61. The summed E-state index contributed by atoms with van der Waals surface area (Å²) in [6.07, 6.45) is 5.71. The highest BCUT2D eigenvalue weighted by molar-refractivity contribution is 7.92. The van der Waals surface area contributed by atoms with E-state index in [1.54, 1.807) is 15.6 Å². The summed E-state index contributed by atoms with van der Waals surface area (Å²) in [5, 5.41) is 4.42. The van der Waals surface area contributed by atoms with Crippen molar-refractivity contribution in [2.75, 3.05) is 24.1 Å². The number of nitrogens with zero attached hydrogens (tertiary/aromatic N) is 3. The van der Waals surface area contributed by atoms with Gasteiger partial charge < -0.3 is 4.90 Å². The van der Waals surface area contributed by atoms with Gasteiger partial charge in [-0.2, -0.15) is 5.10 Å². The van der Waals surface area contributed by atoms with Gasteiger partial charge >= 0.3 is 0 Å². The van der Waals surface area contributed by atoms with E-state index in [1.165, 1.54) is 12.1 Å². The molecule has 0 saturated carbocycles. The summed E-state index contributed by atoms with van der Waals surface area (Å²) in [6.45, 7) is 1.26. The number of amides is 1. The third-order valence-corrected chi connectivity index (χ3v) is 5.10. The number of aromatic nitrogens is 2. The van der Waals surface area contributed by atoms with Crippen molar-refractivity contribution in [3.05, 3.63) is 46.7 Å². The van der Waals surface area contributed by atoms with E-state index in [1.807, 2.05) is 19.4 Å². The summed E-state index contributed by atoms with van der Waals surface area (Å²) in [5.41, 5.74) is 1.73. The molecular weight excluding hydrogens is 364 g/mol. The van der Waals surface area contributed by atoms with Gasteiger partial charge in [0.05, 0.1) is 23.2 Å². The number of rotatable bonds is 4. The van der Waals surface area contributed by atoms with Crippen LogP contribution in [0.25, 0.3) is 0 Å². The van der Waals surface area contributed by atoms with Crippen LogP contribution in [0, 0.1) is 0 Å². The van der Waals surface area contributed by atoms with E-state index >= 15 is 0 Å². The molecule has 2 heterocycles. The van der Waals surface area contributed by atoms with Crippen LogP contribution in [0.15, 0.2) is 30.6 Å². The molecule has 1 unspecified atom stereocenters. The van der Waals surface area contributed by atoms with Crippen molar-refractivity contribution in [1.82, 2.24) is 14.7 Å². The van der Waals surface area contributed by atoms with E-state index in [2.05, 4.69) is 9.82 Å². The zero-order valence-electron chi connectivity index (χ0n) is 13.9. The lowest BCUT2D eigenvalue weighted by molar-refractivity contribution is 0.0791. The van der Waals surface area contributed by atoms with Crippen molar-refractivity contribution in [2.24, 2.45) is 7.05 Å². The Kier molecular flexibility index (Phi) is 4.75. The summed E-state index contributed by atoms with van der Waals surface area (Å²) < 4.78 is 26.9. The Hall–Kier alpha value is -2.06. The van der Waals surface area contributed by atoms with Gasteiger partial charge in [0.25, 0.3) is 5.91 Å². The highest BCUT2D eigenvalue weighted by Gasteiger charge is 2.29. The largest absolute Gasteiger partial charge is 0.338 e. The number of aryl methyl sites for hydroxylation is 1. The molecule has 1 atom stereocenters. The van der Waals surface area contributed by atoms with Gasteiger partial charge in [0.15, 0.2) is 0 Å². The quantitative estimate of drug-likeness (QED) is 0.877. The second-order valence-electron chi connectivity index (χ2n) is 6.25. The number of carbonyl (C=O) groups excluding carboxylic acids is 1. The van der Waals surface area contributed by atoms with E-state index in [9.17, 15) is 13.2 Å². The Labute approximate surface area is 151 Å². The van der Waals surface area contributed by atoms with Crippen LogP contribution in [0.3, 0.4) is 0 Å². The molecule has 1 saturated heterocycles. The number of likely N-dealkylation sites (tertiary alicyclic amines) is 1. The number of halogens is 1. The molecule has 25 heavy (non-hydrogen) atoms. The summed E-state index contributed by atoms with van der Waals surface area (Å²) in [4.78, 5) is 14.5. The lowest BCUT2D eigenvalue weighted by Crippen LogP contribution is -2.28. The number of hydrogen-bond donors (Lipinski definition) is 1. The molecule has 1 aromatic heterocycles. The fourth-order valence-corrected chi connectivity index (χ4v) is 3.78. The van der Waals surface area contributed by atoms with Crippen LogP contribution in [-0.4, -0.2) is 48.4 Å². The SMILES string of the molecule is Cn1cc(C2CCN(C(=O)c3ccc(Cl)c(NS(C)(=O)=O)c3)C2)cn1. The van der Waals surface area contributed by atoms with Crippen molar-refractivity contribution < 1.29 is 13.2 Å². The standard InChI is InChI=1S/C16H19ClN4O3S/c1-20-9-13(8-18-20)12-5-6-21(10-12)16(22)11-3-4-14(17)15(7-11)19-25(2,23)24/h3-4,7-9,12,19H,5-6,10H2,1-2H3. The molecule has 1 fully saturated rings. The van der Waals surface area contributed by atoms with Gasteiger partial charge in [0.2, 0.25) is 10.0 Å². The van der Waals surface area contributed by atoms with E-state index in [4.69, 9.17) is 11.6 Å². The third kappa shape index (κ3) is 4.13. The van der Waals surface area contributed by atoms with Crippen LogP contribution in [0.2, 0.25) is 5.02 Å². The molecule has 1 N–H and O–H groups in total. The highest BCUT2D eigenvalue weighted by atomic mass is 35.5. The van der Waals surface area contributed by atoms with E-state index in [0.29, 0.717) is 18.7 Å². The molecule has 0 radical (unpaired) electrons. The molecule has 1 aliphatic heterocycles. The maximum atomic E-state index is 12.7. The first kappa shape index (κ1) is 17.8. The second-order valence-corrected chi connectivity index (χ2v) is 8.41. The van der Waals surface area contributed by atoms with Crippen LogP contribution < -0.4 is 4.72 Å². The number of anilines is 1. The molecule has 134 valence electrons. The smallest absolute Gasteiger partial charge is 0.253 e. The predicted octanol–water partition coefficient (Wildman–Crippen LogP) is 2.07. The van der Waals surface area contributed by atoms with Gasteiger partial charge in [-0.25, -0.2) is 8.42 Å². The van der Waals surface area contributed by atoms with Crippen molar-refractivity contribution in [1.29, 1.82) is 0 Å². The van der Waals surface area contributed by atoms with E-state index in [0.717, 1.165) is 18.2 Å². The number of sulfonamides is 1. The Bertz CT molecular complexity index is 910. The molecule has 0 aliphatic carbocycles. The zero-order chi connectivity index (χ0) is 18.2. The Morgan fingerprint density at radius 1 is 1.40 bits per heavy atom. The Morgan fingerprint density at radius 3 is 2.80 bits per heavy atom. The Morgan fingerprint density at radius 2 is 2.16 bits per heavy atom. The maximum absolute atomic E-state index is 12.7. The van der Waals surface area contributed by atoms with Crippen molar-refractivity contribution in [2.45, 2.75) is 12.3 Å². The number of carbonyl (C=O) groups is 1. The molecule has 3 rings (SSSR count). The fourth-order valence-electron chi connectivity index (χ4n) is 2.99. The fraction of sp³-hybridized carbons (Fsp3) is 0.375. The summed E-state index contributed by atoms with van der Waals surface area (Å²) in [5.74, 6) is 0.123. The molecule has 1 aliphatic rings. The highest BCUT2D eigenvalue weighted by Crippen LogP contribution is 2.29. The van der Waals surface area contributed by atoms with Crippen LogP contribution in [0.4, 0.5) is 5.69 Å². The number of nitrogens with one attached hydrogen (secondary N) is 1. The van der Waals surface area contributed by atoms with Gasteiger partial charge in [0, 0.05) is 37.8 Å². The minimum Gasteiger partial charge on any atom is -0.338 e. The van der Waals surface area contributed by atoms with Crippen LogP contribution in [0.5, 0.6) is 0 Å². The van der Waals surface area contributed by atoms with Crippen LogP contribution in [-0.2, 0) is 17.1 Å². The monoisotopic (exact) mass is 382 g/mol. The first-order valence-electron chi connectivity index (χ1n) is 7.78. The first-order chi connectivity index (χ1) is 11.7. The van der Waals surface area contributed by atoms with Gasteiger partial charge in [0.1, 0.15) is 0 Å². The minimum atomic E-state index is -3.47. The molecule has 0 bridgehead atoms. The average molecular weight is 383 g/mol. The summed E-state index contributed by atoms with van der Waals surface area (Å²) >= 11 is 6.01. The third-order valence-electron chi connectivity index (χ3n) is 4.18. The molecule has 2 aromatic rings. The zero-order valence-corrected chi connectivity index (χ0v) is 15.5. The predicted molar refractivity (Wildman–Crippen MR) is 96.4 cm³/mol. The van der Waals surface area contributed by atoms with Gasteiger partial charge in [-0.15, -0.1) is 0 Å². The molecule has 1 aromatic carbocycles.